The molecule has 24 heavy (non-hydrogen) atoms. The zero-order valence-corrected chi connectivity index (χ0v) is 14.2. The van der Waals surface area contributed by atoms with Crippen LogP contribution in [0.25, 0.3) is 5.69 Å². The van der Waals surface area contributed by atoms with E-state index in [1.54, 1.807) is 10.9 Å². The topological polar surface area (TPSA) is 84.2 Å². The zero-order valence-electron chi connectivity index (χ0n) is 14.2. The van der Waals surface area contributed by atoms with Crippen molar-refractivity contribution in [3.8, 4) is 5.69 Å². The van der Waals surface area contributed by atoms with E-state index in [0.717, 1.165) is 5.69 Å². The van der Waals surface area contributed by atoms with E-state index in [1.807, 2.05) is 51.1 Å². The molecule has 0 saturated heterocycles. The SMILES string of the molecule is CC(C)(C)c1nn(-c2ccccc2)cc1C(=O)NCCCC(=O)O. The highest BCUT2D eigenvalue weighted by molar-refractivity contribution is 5.95. The molecule has 0 unspecified atom stereocenters. The van der Waals surface area contributed by atoms with Gasteiger partial charge in [0.15, 0.2) is 0 Å². The number of carboxylic acids is 1. The standard InChI is InChI=1S/C18H23N3O3/c1-18(2,3)16-14(17(24)19-11-7-10-15(22)23)12-21(20-16)13-8-5-4-6-9-13/h4-6,8-9,12H,7,10-11H2,1-3H3,(H,19,24)(H,22,23). The van der Waals surface area contributed by atoms with Gasteiger partial charge in [-0.2, -0.15) is 5.10 Å². The van der Waals surface area contributed by atoms with Crippen LogP contribution in [0.15, 0.2) is 36.5 Å². The third kappa shape index (κ3) is 4.44. The Morgan fingerprint density at radius 1 is 1.21 bits per heavy atom. The van der Waals surface area contributed by atoms with Gasteiger partial charge in [0, 0.05) is 24.6 Å². The third-order valence-electron chi connectivity index (χ3n) is 3.54. The van der Waals surface area contributed by atoms with Gasteiger partial charge in [-0.05, 0) is 18.6 Å². The molecule has 0 fully saturated rings. The summed E-state index contributed by atoms with van der Waals surface area (Å²) in [4.78, 5) is 23.0. The third-order valence-corrected chi connectivity index (χ3v) is 3.54. The largest absolute Gasteiger partial charge is 0.481 e. The van der Waals surface area contributed by atoms with Crippen molar-refractivity contribution in [3.05, 3.63) is 47.8 Å². The molecule has 2 N–H and O–H groups in total. The number of nitrogens with one attached hydrogen (secondary N) is 1. The van der Waals surface area contributed by atoms with E-state index in [9.17, 15) is 9.59 Å². The molecule has 128 valence electrons. The minimum atomic E-state index is -0.864. The fourth-order valence-electron chi connectivity index (χ4n) is 2.34. The van der Waals surface area contributed by atoms with Crippen LogP contribution in [0.1, 0.15) is 49.7 Å². The van der Waals surface area contributed by atoms with Crippen LogP contribution in [0, 0.1) is 0 Å². The van der Waals surface area contributed by atoms with Crippen molar-refractivity contribution in [2.45, 2.75) is 39.0 Å². The van der Waals surface area contributed by atoms with Crippen molar-refractivity contribution in [2.75, 3.05) is 6.54 Å². The van der Waals surface area contributed by atoms with Crippen molar-refractivity contribution in [3.63, 3.8) is 0 Å². The van der Waals surface area contributed by atoms with Crippen LogP contribution in [0.4, 0.5) is 0 Å². The second-order valence-corrected chi connectivity index (χ2v) is 6.67. The molecule has 6 nitrogen and oxygen atoms in total. The van der Waals surface area contributed by atoms with Gasteiger partial charge >= 0.3 is 5.97 Å². The van der Waals surface area contributed by atoms with Crippen molar-refractivity contribution in [1.82, 2.24) is 15.1 Å². The average Bonchev–Trinajstić information content (AvgIpc) is 2.97. The zero-order chi connectivity index (χ0) is 17.7. The highest BCUT2D eigenvalue weighted by atomic mass is 16.4. The summed E-state index contributed by atoms with van der Waals surface area (Å²) in [7, 11) is 0. The molecule has 2 aromatic rings. The predicted molar refractivity (Wildman–Crippen MR) is 91.5 cm³/mol. The number of nitrogens with zero attached hydrogens (tertiary/aromatic N) is 2. The van der Waals surface area contributed by atoms with Gasteiger partial charge in [-0.3, -0.25) is 9.59 Å². The highest BCUT2D eigenvalue weighted by Gasteiger charge is 2.26. The quantitative estimate of drug-likeness (QED) is 0.798. The molecule has 0 saturated carbocycles. The molecule has 1 amide bonds. The second kappa shape index (κ2) is 7.29. The van der Waals surface area contributed by atoms with Crippen molar-refractivity contribution >= 4 is 11.9 Å². The fraction of sp³-hybridized carbons (Fsp3) is 0.389. The molecule has 1 aromatic carbocycles. The highest BCUT2D eigenvalue weighted by Crippen LogP contribution is 2.25. The number of hydrogen-bond donors (Lipinski definition) is 2. The summed E-state index contributed by atoms with van der Waals surface area (Å²) in [6, 6.07) is 9.61. The predicted octanol–water partition coefficient (Wildman–Crippen LogP) is 2.76. The van der Waals surface area contributed by atoms with Gasteiger partial charge in [-0.25, -0.2) is 4.68 Å². The van der Waals surface area contributed by atoms with Crippen LogP contribution in [0.2, 0.25) is 0 Å². The van der Waals surface area contributed by atoms with Gasteiger partial charge in [0.25, 0.3) is 5.91 Å². The van der Waals surface area contributed by atoms with Gasteiger partial charge in [0.2, 0.25) is 0 Å². The maximum absolute atomic E-state index is 12.5. The monoisotopic (exact) mass is 329 g/mol. The number of para-hydroxylation sites is 1. The molecular formula is C18H23N3O3. The van der Waals surface area contributed by atoms with Gasteiger partial charge in [-0.15, -0.1) is 0 Å². The summed E-state index contributed by atoms with van der Waals surface area (Å²) in [6.07, 6.45) is 2.16. The number of carbonyl (C=O) groups is 2. The van der Waals surface area contributed by atoms with E-state index in [-0.39, 0.29) is 17.7 Å². The summed E-state index contributed by atoms with van der Waals surface area (Å²) in [5, 5.41) is 16.0. The number of aliphatic carboxylic acids is 1. The maximum Gasteiger partial charge on any atom is 0.303 e. The van der Waals surface area contributed by atoms with E-state index in [0.29, 0.717) is 24.2 Å². The molecule has 0 aliphatic heterocycles. The van der Waals surface area contributed by atoms with Crippen LogP contribution >= 0.6 is 0 Å². The average molecular weight is 329 g/mol. The summed E-state index contributed by atoms with van der Waals surface area (Å²) in [5.41, 5.74) is 1.82. The Kier molecular flexibility index (Phi) is 5.39. The summed E-state index contributed by atoms with van der Waals surface area (Å²) < 4.78 is 1.70. The van der Waals surface area contributed by atoms with E-state index in [1.165, 1.54) is 0 Å². The van der Waals surface area contributed by atoms with E-state index >= 15 is 0 Å². The lowest BCUT2D eigenvalue weighted by molar-refractivity contribution is -0.137. The first-order valence-electron chi connectivity index (χ1n) is 7.94. The molecule has 0 spiro atoms. The Morgan fingerprint density at radius 3 is 2.46 bits per heavy atom. The number of aromatic nitrogens is 2. The molecule has 1 aromatic heterocycles. The first-order chi connectivity index (χ1) is 11.3. The number of rotatable bonds is 6. The molecule has 0 aliphatic carbocycles. The van der Waals surface area contributed by atoms with Crippen LogP contribution in [0.3, 0.4) is 0 Å². The van der Waals surface area contributed by atoms with Gasteiger partial charge in [0.05, 0.1) is 16.9 Å². The molecule has 1 heterocycles. The van der Waals surface area contributed by atoms with Crippen LogP contribution < -0.4 is 5.32 Å². The molecule has 0 bridgehead atoms. The van der Waals surface area contributed by atoms with E-state index in [4.69, 9.17) is 5.11 Å². The lowest BCUT2D eigenvalue weighted by Gasteiger charge is -2.17. The van der Waals surface area contributed by atoms with Crippen LogP contribution in [-0.2, 0) is 10.2 Å². The number of amides is 1. The van der Waals surface area contributed by atoms with Crippen molar-refractivity contribution in [2.24, 2.45) is 0 Å². The molecule has 0 aliphatic rings. The Bertz CT molecular complexity index is 715. The van der Waals surface area contributed by atoms with Crippen LogP contribution in [-0.4, -0.2) is 33.3 Å². The molecular weight excluding hydrogens is 306 g/mol. The van der Waals surface area contributed by atoms with Crippen molar-refractivity contribution in [1.29, 1.82) is 0 Å². The fourth-order valence-corrected chi connectivity index (χ4v) is 2.34. The Hall–Kier alpha value is -2.63. The first kappa shape index (κ1) is 17.7. The lowest BCUT2D eigenvalue weighted by Crippen LogP contribution is -2.27. The first-order valence-corrected chi connectivity index (χ1v) is 7.94. The molecule has 0 atom stereocenters. The van der Waals surface area contributed by atoms with E-state index in [2.05, 4.69) is 10.4 Å². The normalized spacial score (nSPS) is 11.3. The van der Waals surface area contributed by atoms with Gasteiger partial charge in [-0.1, -0.05) is 39.0 Å². The summed E-state index contributed by atoms with van der Waals surface area (Å²) >= 11 is 0. The van der Waals surface area contributed by atoms with E-state index < -0.39 is 5.97 Å². The summed E-state index contributed by atoms with van der Waals surface area (Å²) in [6.45, 7) is 6.34. The van der Waals surface area contributed by atoms with Gasteiger partial charge in [0.1, 0.15) is 0 Å². The Morgan fingerprint density at radius 2 is 1.88 bits per heavy atom. The minimum absolute atomic E-state index is 0.0374. The number of hydrogen-bond acceptors (Lipinski definition) is 3. The van der Waals surface area contributed by atoms with Gasteiger partial charge < -0.3 is 10.4 Å². The minimum Gasteiger partial charge on any atom is -0.481 e. The second-order valence-electron chi connectivity index (χ2n) is 6.67. The smallest absolute Gasteiger partial charge is 0.303 e. The lowest BCUT2D eigenvalue weighted by atomic mass is 9.89. The van der Waals surface area contributed by atoms with Crippen molar-refractivity contribution < 1.29 is 14.7 Å². The number of benzene rings is 1. The molecule has 0 radical (unpaired) electrons. The van der Waals surface area contributed by atoms with Crippen LogP contribution in [0.5, 0.6) is 0 Å². The molecule has 2 rings (SSSR count). The number of carboxylic acid groups (broad SMARTS) is 1. The number of carbonyl (C=O) groups excluding carboxylic acids is 1. The Balaban J connectivity index is 2.23. The molecule has 6 heteroatoms. The summed E-state index contributed by atoms with van der Waals surface area (Å²) in [5.74, 6) is -1.09. The Labute approximate surface area is 141 Å². The maximum atomic E-state index is 12.5.